The molecule has 0 spiro atoms. The first kappa shape index (κ1) is 10.5. The summed E-state index contributed by atoms with van der Waals surface area (Å²) in [6, 6.07) is 3.43. The molecule has 16 heavy (non-hydrogen) atoms. The van der Waals surface area contributed by atoms with Gasteiger partial charge in [-0.1, -0.05) is 12.1 Å². The molecule has 2 aromatic heterocycles. The number of nitrogens with zero attached hydrogens (tertiary/aromatic N) is 1. The lowest BCUT2D eigenvalue weighted by molar-refractivity contribution is 0.0695. The fraction of sp³-hybridized carbons (Fsp3) is 0.273. The number of hydrogen-bond donors (Lipinski definition) is 1. The van der Waals surface area contributed by atoms with E-state index in [9.17, 15) is 4.79 Å². The third kappa shape index (κ3) is 1.60. The topological polar surface area (TPSA) is 76.5 Å². The molecular weight excluding hydrogens is 210 g/mol. The van der Waals surface area contributed by atoms with Crippen LogP contribution < -0.4 is 0 Å². The van der Waals surface area contributed by atoms with Gasteiger partial charge in [0.15, 0.2) is 17.2 Å². The molecule has 0 bridgehead atoms. The van der Waals surface area contributed by atoms with E-state index in [4.69, 9.17) is 14.0 Å². The summed E-state index contributed by atoms with van der Waals surface area (Å²) in [7, 11) is 0. The lowest BCUT2D eigenvalue weighted by atomic mass is 10.1. The summed E-state index contributed by atoms with van der Waals surface area (Å²) < 4.78 is 10.3. The Bertz CT molecular complexity index is 524. The molecule has 0 aromatic carbocycles. The van der Waals surface area contributed by atoms with Crippen LogP contribution in [0.2, 0.25) is 0 Å². The van der Waals surface area contributed by atoms with Crippen molar-refractivity contribution in [2.45, 2.75) is 20.3 Å². The Morgan fingerprint density at radius 3 is 2.75 bits per heavy atom. The lowest BCUT2D eigenvalue weighted by Crippen LogP contribution is -2.00. The molecule has 84 valence electrons. The number of aromatic carboxylic acids is 1. The quantitative estimate of drug-likeness (QED) is 0.861. The van der Waals surface area contributed by atoms with E-state index >= 15 is 0 Å². The predicted octanol–water partition coefficient (Wildman–Crippen LogP) is 2.50. The highest BCUT2D eigenvalue weighted by Crippen LogP contribution is 2.27. The summed E-state index contributed by atoms with van der Waals surface area (Å²) in [5.41, 5.74) is 0.328. The standard InChI is InChI=1S/C11H11NO4/c1-3-7-9(11(13)14)10(12-16-7)8-5-4-6(2)15-8/h4-5H,3H2,1-2H3,(H,13,14). The number of aromatic nitrogens is 1. The van der Waals surface area contributed by atoms with E-state index in [0.29, 0.717) is 23.7 Å². The first-order valence-corrected chi connectivity index (χ1v) is 4.92. The van der Waals surface area contributed by atoms with Crippen LogP contribution in [0.25, 0.3) is 11.5 Å². The molecule has 5 heteroatoms. The van der Waals surface area contributed by atoms with Gasteiger partial charge in [0.1, 0.15) is 11.3 Å². The molecule has 0 atom stereocenters. The first-order chi connectivity index (χ1) is 7.63. The van der Waals surface area contributed by atoms with Crippen molar-refractivity contribution in [3.63, 3.8) is 0 Å². The molecule has 2 heterocycles. The van der Waals surface area contributed by atoms with Gasteiger partial charge < -0.3 is 14.0 Å². The molecule has 0 aliphatic heterocycles. The Kier molecular flexibility index (Phi) is 2.52. The van der Waals surface area contributed by atoms with Crippen LogP contribution in [0.3, 0.4) is 0 Å². The first-order valence-electron chi connectivity index (χ1n) is 4.92. The van der Waals surface area contributed by atoms with Gasteiger partial charge in [0.25, 0.3) is 0 Å². The molecule has 0 aliphatic rings. The Morgan fingerprint density at radius 2 is 2.25 bits per heavy atom. The van der Waals surface area contributed by atoms with E-state index in [2.05, 4.69) is 5.16 Å². The van der Waals surface area contributed by atoms with Gasteiger partial charge in [0.2, 0.25) is 0 Å². The number of furan rings is 1. The highest BCUT2D eigenvalue weighted by Gasteiger charge is 2.24. The number of rotatable bonds is 3. The van der Waals surface area contributed by atoms with Gasteiger partial charge >= 0.3 is 5.97 Å². The number of carbonyl (C=O) groups is 1. The zero-order valence-corrected chi connectivity index (χ0v) is 8.98. The highest BCUT2D eigenvalue weighted by molar-refractivity contribution is 5.95. The zero-order valence-electron chi connectivity index (χ0n) is 8.98. The number of carboxylic acids is 1. The Morgan fingerprint density at radius 1 is 1.50 bits per heavy atom. The van der Waals surface area contributed by atoms with Crippen molar-refractivity contribution in [3.05, 3.63) is 29.2 Å². The van der Waals surface area contributed by atoms with Crippen molar-refractivity contribution in [1.82, 2.24) is 5.16 Å². The van der Waals surface area contributed by atoms with E-state index in [1.807, 2.05) is 6.92 Å². The summed E-state index contributed by atoms with van der Waals surface area (Å²) in [6.07, 6.45) is 0.480. The Labute approximate surface area is 91.7 Å². The third-order valence-corrected chi connectivity index (χ3v) is 2.27. The Hall–Kier alpha value is -2.04. The monoisotopic (exact) mass is 221 g/mol. The molecule has 2 aromatic rings. The Balaban J connectivity index is 2.57. The van der Waals surface area contributed by atoms with Crippen LogP contribution in [0.15, 0.2) is 21.1 Å². The largest absolute Gasteiger partial charge is 0.477 e. The van der Waals surface area contributed by atoms with Crippen molar-refractivity contribution < 1.29 is 18.8 Å². The summed E-state index contributed by atoms with van der Waals surface area (Å²) in [5, 5.41) is 12.8. The minimum atomic E-state index is -1.05. The maximum atomic E-state index is 11.1. The van der Waals surface area contributed by atoms with Crippen molar-refractivity contribution in [3.8, 4) is 11.5 Å². The summed E-state index contributed by atoms with van der Waals surface area (Å²) >= 11 is 0. The second-order valence-electron chi connectivity index (χ2n) is 3.40. The average Bonchev–Trinajstić information content (AvgIpc) is 2.82. The lowest BCUT2D eigenvalue weighted by Gasteiger charge is -1.94. The van der Waals surface area contributed by atoms with Crippen LogP contribution >= 0.6 is 0 Å². The van der Waals surface area contributed by atoms with Gasteiger partial charge in [0.05, 0.1) is 0 Å². The second kappa shape index (κ2) is 3.84. The highest BCUT2D eigenvalue weighted by atomic mass is 16.5. The average molecular weight is 221 g/mol. The predicted molar refractivity (Wildman–Crippen MR) is 55.3 cm³/mol. The number of carboxylic acid groups (broad SMARTS) is 1. The van der Waals surface area contributed by atoms with E-state index in [0.717, 1.165) is 0 Å². The summed E-state index contributed by atoms with van der Waals surface area (Å²) in [4.78, 5) is 11.1. The molecule has 0 saturated heterocycles. The fourth-order valence-corrected chi connectivity index (χ4v) is 1.52. The van der Waals surface area contributed by atoms with Crippen LogP contribution in [0.5, 0.6) is 0 Å². The fourth-order valence-electron chi connectivity index (χ4n) is 1.52. The van der Waals surface area contributed by atoms with E-state index in [1.165, 1.54) is 0 Å². The van der Waals surface area contributed by atoms with Crippen molar-refractivity contribution in [2.24, 2.45) is 0 Å². The normalized spacial score (nSPS) is 10.6. The maximum absolute atomic E-state index is 11.1. The van der Waals surface area contributed by atoms with Crippen molar-refractivity contribution in [1.29, 1.82) is 0 Å². The molecule has 5 nitrogen and oxygen atoms in total. The minimum Gasteiger partial charge on any atom is -0.477 e. The molecule has 0 unspecified atom stereocenters. The molecular formula is C11H11NO4. The molecule has 0 amide bonds. The molecule has 1 N–H and O–H groups in total. The van der Waals surface area contributed by atoms with Gasteiger partial charge in [-0.15, -0.1) is 0 Å². The number of hydrogen-bond acceptors (Lipinski definition) is 4. The second-order valence-corrected chi connectivity index (χ2v) is 3.40. The maximum Gasteiger partial charge on any atom is 0.341 e. The van der Waals surface area contributed by atoms with Crippen LogP contribution in [0, 0.1) is 6.92 Å². The van der Waals surface area contributed by atoms with E-state index in [-0.39, 0.29) is 11.3 Å². The smallest absolute Gasteiger partial charge is 0.341 e. The molecule has 2 rings (SSSR count). The SMILES string of the molecule is CCc1onc(-c2ccc(C)o2)c1C(=O)O. The minimum absolute atomic E-state index is 0.0804. The van der Waals surface area contributed by atoms with Crippen LogP contribution in [0.1, 0.15) is 28.8 Å². The zero-order chi connectivity index (χ0) is 11.7. The van der Waals surface area contributed by atoms with Gasteiger partial charge in [-0.2, -0.15) is 0 Å². The molecule has 0 fully saturated rings. The van der Waals surface area contributed by atoms with Crippen LogP contribution in [0.4, 0.5) is 0 Å². The van der Waals surface area contributed by atoms with Gasteiger partial charge in [-0.05, 0) is 19.1 Å². The summed E-state index contributed by atoms with van der Waals surface area (Å²) in [6.45, 7) is 3.59. The van der Waals surface area contributed by atoms with Crippen LogP contribution in [-0.4, -0.2) is 16.2 Å². The number of aryl methyl sites for hydroxylation is 2. The van der Waals surface area contributed by atoms with Crippen LogP contribution in [-0.2, 0) is 6.42 Å². The van der Waals surface area contributed by atoms with Gasteiger partial charge in [-0.3, -0.25) is 0 Å². The van der Waals surface area contributed by atoms with Gasteiger partial charge in [0, 0.05) is 6.42 Å². The molecule has 0 radical (unpaired) electrons. The molecule has 0 aliphatic carbocycles. The third-order valence-electron chi connectivity index (χ3n) is 2.27. The van der Waals surface area contributed by atoms with Crippen molar-refractivity contribution in [2.75, 3.05) is 0 Å². The van der Waals surface area contributed by atoms with Gasteiger partial charge in [-0.25, -0.2) is 4.79 Å². The van der Waals surface area contributed by atoms with Crippen molar-refractivity contribution >= 4 is 5.97 Å². The summed E-state index contributed by atoms with van der Waals surface area (Å²) in [5.74, 6) is 0.421. The van der Waals surface area contributed by atoms with E-state index < -0.39 is 5.97 Å². The van der Waals surface area contributed by atoms with E-state index in [1.54, 1.807) is 19.1 Å². The molecule has 0 saturated carbocycles.